The number of oxazole rings is 1. The summed E-state index contributed by atoms with van der Waals surface area (Å²) in [5, 5.41) is 11.0. The van der Waals surface area contributed by atoms with E-state index in [0.29, 0.717) is 25.4 Å². The highest BCUT2D eigenvalue weighted by Gasteiger charge is 2.10. The highest BCUT2D eigenvalue weighted by molar-refractivity contribution is 5.79. The largest absolute Gasteiger partial charge is 0.444 e. The van der Waals surface area contributed by atoms with Crippen LogP contribution in [0.1, 0.15) is 29.6 Å². The number of benzene rings is 1. The van der Waals surface area contributed by atoms with Gasteiger partial charge in [-0.3, -0.25) is 4.68 Å². The van der Waals surface area contributed by atoms with Crippen molar-refractivity contribution in [3.63, 3.8) is 0 Å². The Kier molecular flexibility index (Phi) is 6.64. The third kappa shape index (κ3) is 5.22. The zero-order chi connectivity index (χ0) is 20.8. The zero-order valence-electron chi connectivity index (χ0n) is 17.3. The Morgan fingerprint density at radius 3 is 2.62 bits per heavy atom. The van der Waals surface area contributed by atoms with Gasteiger partial charge in [0.2, 0.25) is 5.89 Å². The third-order valence-corrected chi connectivity index (χ3v) is 4.71. The van der Waals surface area contributed by atoms with Crippen LogP contribution in [0.25, 0.3) is 11.5 Å². The first kappa shape index (κ1) is 20.6. The van der Waals surface area contributed by atoms with E-state index < -0.39 is 0 Å². The van der Waals surface area contributed by atoms with Crippen LogP contribution in [-0.2, 0) is 20.0 Å². The molecule has 29 heavy (non-hydrogen) atoms. The molecule has 0 atom stereocenters. The summed E-state index contributed by atoms with van der Waals surface area (Å²) < 4.78 is 20.4. The molecule has 0 aliphatic heterocycles. The molecule has 2 heterocycles. The van der Waals surface area contributed by atoms with Gasteiger partial charge in [-0.2, -0.15) is 5.10 Å². The number of rotatable bonds is 7. The minimum atomic E-state index is -0.281. The molecule has 0 bridgehead atoms. The lowest BCUT2D eigenvalue weighted by atomic mass is 10.2. The average Bonchev–Trinajstić information content (AvgIpc) is 3.26. The van der Waals surface area contributed by atoms with Gasteiger partial charge in [0.1, 0.15) is 12.1 Å². The Balaban J connectivity index is 1.57. The van der Waals surface area contributed by atoms with Crippen molar-refractivity contribution in [2.24, 2.45) is 12.0 Å². The minimum Gasteiger partial charge on any atom is -0.444 e. The average molecular weight is 398 g/mol. The SMILES string of the molecule is CCNC(=NCc1c(C)nn(C)c1C)NCCc1coc(-c2ccc(F)cc2)n1. The molecule has 0 amide bonds. The fourth-order valence-corrected chi connectivity index (χ4v) is 3.00. The van der Waals surface area contributed by atoms with Crippen LogP contribution in [0.15, 0.2) is 39.9 Å². The number of hydrogen-bond acceptors (Lipinski definition) is 4. The first-order valence-corrected chi connectivity index (χ1v) is 9.69. The van der Waals surface area contributed by atoms with E-state index in [0.717, 1.165) is 40.7 Å². The van der Waals surface area contributed by atoms with E-state index in [1.54, 1.807) is 18.4 Å². The number of halogens is 1. The lowest BCUT2D eigenvalue weighted by Gasteiger charge is -2.10. The van der Waals surface area contributed by atoms with Gasteiger partial charge >= 0.3 is 0 Å². The Morgan fingerprint density at radius 2 is 1.97 bits per heavy atom. The first-order valence-electron chi connectivity index (χ1n) is 9.69. The molecule has 3 rings (SSSR count). The molecule has 0 radical (unpaired) electrons. The summed E-state index contributed by atoms with van der Waals surface area (Å²) in [6, 6.07) is 6.10. The molecule has 0 fully saturated rings. The van der Waals surface area contributed by atoms with Crippen molar-refractivity contribution in [2.45, 2.75) is 33.7 Å². The van der Waals surface area contributed by atoms with E-state index in [2.05, 4.69) is 32.6 Å². The second-order valence-electron chi connectivity index (χ2n) is 6.80. The summed E-state index contributed by atoms with van der Waals surface area (Å²) in [5.41, 5.74) is 4.85. The molecule has 0 unspecified atom stereocenters. The smallest absolute Gasteiger partial charge is 0.226 e. The molecule has 2 aromatic heterocycles. The summed E-state index contributed by atoms with van der Waals surface area (Å²) in [5.74, 6) is 0.956. The molecule has 154 valence electrons. The van der Waals surface area contributed by atoms with Crippen molar-refractivity contribution in [1.82, 2.24) is 25.4 Å². The Hall–Kier alpha value is -3.16. The van der Waals surface area contributed by atoms with Crippen LogP contribution in [0, 0.1) is 19.7 Å². The number of nitrogens with one attached hydrogen (secondary N) is 2. The second-order valence-corrected chi connectivity index (χ2v) is 6.80. The number of aromatic nitrogens is 3. The van der Waals surface area contributed by atoms with Gasteiger partial charge in [-0.05, 0) is 45.0 Å². The molecule has 0 spiro atoms. The number of guanidine groups is 1. The number of nitrogens with zero attached hydrogens (tertiary/aromatic N) is 4. The van der Waals surface area contributed by atoms with Crippen LogP contribution in [-0.4, -0.2) is 33.8 Å². The van der Waals surface area contributed by atoms with Crippen molar-refractivity contribution >= 4 is 5.96 Å². The number of aryl methyl sites for hydroxylation is 2. The monoisotopic (exact) mass is 398 g/mol. The van der Waals surface area contributed by atoms with E-state index in [1.807, 2.05) is 25.6 Å². The highest BCUT2D eigenvalue weighted by atomic mass is 19.1. The molecule has 7 nitrogen and oxygen atoms in total. The van der Waals surface area contributed by atoms with E-state index in [9.17, 15) is 4.39 Å². The van der Waals surface area contributed by atoms with E-state index in [4.69, 9.17) is 4.42 Å². The lowest BCUT2D eigenvalue weighted by molar-refractivity contribution is 0.571. The molecule has 1 aromatic carbocycles. The predicted molar refractivity (Wildman–Crippen MR) is 111 cm³/mol. The fourth-order valence-electron chi connectivity index (χ4n) is 3.00. The van der Waals surface area contributed by atoms with Gasteiger partial charge in [0.25, 0.3) is 0 Å². The lowest BCUT2D eigenvalue weighted by Crippen LogP contribution is -2.38. The van der Waals surface area contributed by atoms with Crippen molar-refractivity contribution in [3.8, 4) is 11.5 Å². The summed E-state index contributed by atoms with van der Waals surface area (Å²) >= 11 is 0. The molecule has 3 aromatic rings. The predicted octanol–water partition coefficient (Wildman–Crippen LogP) is 3.13. The Morgan fingerprint density at radius 1 is 1.21 bits per heavy atom. The first-order chi connectivity index (χ1) is 14.0. The van der Waals surface area contributed by atoms with E-state index >= 15 is 0 Å². The Labute approximate surface area is 170 Å². The van der Waals surface area contributed by atoms with Crippen LogP contribution in [0.4, 0.5) is 4.39 Å². The van der Waals surface area contributed by atoms with Gasteiger partial charge in [0, 0.05) is 43.4 Å². The van der Waals surface area contributed by atoms with E-state index in [1.165, 1.54) is 12.1 Å². The Bertz CT molecular complexity index is 974. The molecular weight excluding hydrogens is 371 g/mol. The van der Waals surface area contributed by atoms with Crippen LogP contribution < -0.4 is 10.6 Å². The van der Waals surface area contributed by atoms with Gasteiger partial charge in [0.15, 0.2) is 5.96 Å². The van der Waals surface area contributed by atoms with Crippen LogP contribution in [0.5, 0.6) is 0 Å². The molecule has 0 aliphatic carbocycles. The standard InChI is InChI=1S/C21H27FN6O/c1-5-23-21(25-12-19-14(2)27-28(4)15(19)3)24-11-10-18-13-29-20(26-18)16-6-8-17(22)9-7-16/h6-9,13H,5,10-12H2,1-4H3,(H2,23,24,25). The minimum absolute atomic E-state index is 0.281. The van der Waals surface area contributed by atoms with Crippen molar-refractivity contribution in [3.05, 3.63) is 59.0 Å². The summed E-state index contributed by atoms with van der Waals surface area (Å²) in [6.07, 6.45) is 2.31. The number of aliphatic imine (C=N–C) groups is 1. The third-order valence-electron chi connectivity index (χ3n) is 4.71. The highest BCUT2D eigenvalue weighted by Crippen LogP contribution is 2.19. The van der Waals surface area contributed by atoms with Crippen LogP contribution in [0.2, 0.25) is 0 Å². The normalized spacial score (nSPS) is 11.7. The number of hydrogen-bond donors (Lipinski definition) is 2. The summed E-state index contributed by atoms with van der Waals surface area (Å²) in [4.78, 5) is 9.14. The maximum absolute atomic E-state index is 13.0. The van der Waals surface area contributed by atoms with Gasteiger partial charge in [-0.1, -0.05) is 0 Å². The maximum atomic E-state index is 13.0. The maximum Gasteiger partial charge on any atom is 0.226 e. The van der Waals surface area contributed by atoms with E-state index in [-0.39, 0.29) is 5.82 Å². The summed E-state index contributed by atoms with van der Waals surface area (Å²) in [7, 11) is 1.94. The van der Waals surface area contributed by atoms with Gasteiger partial charge in [-0.25, -0.2) is 14.4 Å². The molecule has 0 saturated heterocycles. The van der Waals surface area contributed by atoms with Crippen LogP contribution in [0.3, 0.4) is 0 Å². The molecule has 0 aliphatic rings. The van der Waals surface area contributed by atoms with Gasteiger partial charge < -0.3 is 15.1 Å². The molecular formula is C21H27FN6O. The molecule has 2 N–H and O–H groups in total. The van der Waals surface area contributed by atoms with Gasteiger partial charge in [-0.15, -0.1) is 0 Å². The quantitative estimate of drug-likeness (QED) is 0.472. The fraction of sp³-hybridized carbons (Fsp3) is 0.381. The summed E-state index contributed by atoms with van der Waals surface area (Å²) in [6.45, 7) is 8.08. The second kappa shape index (κ2) is 9.36. The van der Waals surface area contributed by atoms with Gasteiger partial charge in [0.05, 0.1) is 17.9 Å². The zero-order valence-corrected chi connectivity index (χ0v) is 17.3. The topological polar surface area (TPSA) is 80.3 Å². The molecule has 8 heteroatoms. The van der Waals surface area contributed by atoms with Crippen molar-refractivity contribution < 1.29 is 8.81 Å². The molecule has 0 saturated carbocycles. The van der Waals surface area contributed by atoms with Crippen molar-refractivity contribution in [1.29, 1.82) is 0 Å². The van der Waals surface area contributed by atoms with Crippen molar-refractivity contribution in [2.75, 3.05) is 13.1 Å². The van der Waals surface area contributed by atoms with Crippen LogP contribution >= 0.6 is 0 Å².